The Morgan fingerprint density at radius 3 is 2.44 bits per heavy atom. The van der Waals surface area contributed by atoms with Gasteiger partial charge >= 0.3 is 0 Å². The van der Waals surface area contributed by atoms with E-state index < -0.39 is 0 Å². The number of methoxy groups -OCH3 is 1. The van der Waals surface area contributed by atoms with Crippen LogP contribution in [-0.4, -0.2) is 57.3 Å². The average molecular weight is 460 g/mol. The number of halogens is 1. The Morgan fingerprint density at radius 2 is 1.88 bits per heavy atom. The Morgan fingerprint density at radius 1 is 1.24 bits per heavy atom. The van der Waals surface area contributed by atoms with Crippen LogP contribution in [-0.2, 0) is 4.74 Å². The minimum absolute atomic E-state index is 0. The van der Waals surface area contributed by atoms with Gasteiger partial charge in [0.2, 0.25) is 0 Å². The molecule has 1 aromatic rings. The SMILES string of the molecule is CN=C(NCC(c1ccc(C)cc1)N1CCCC1)NC(C)COC.I. The average Bonchev–Trinajstić information content (AvgIpc) is 3.10. The summed E-state index contributed by atoms with van der Waals surface area (Å²) in [7, 11) is 3.53. The highest BCUT2D eigenvalue weighted by atomic mass is 127. The zero-order chi connectivity index (χ0) is 17.4. The highest BCUT2D eigenvalue weighted by molar-refractivity contribution is 14.0. The Balaban J connectivity index is 0.00000312. The van der Waals surface area contributed by atoms with Crippen LogP contribution in [0.5, 0.6) is 0 Å². The van der Waals surface area contributed by atoms with Gasteiger partial charge < -0.3 is 15.4 Å². The minimum atomic E-state index is 0. The normalized spacial score (nSPS) is 17.7. The molecule has 25 heavy (non-hydrogen) atoms. The van der Waals surface area contributed by atoms with E-state index in [1.54, 1.807) is 7.11 Å². The lowest BCUT2D eigenvalue weighted by Gasteiger charge is -2.29. The van der Waals surface area contributed by atoms with E-state index in [2.05, 4.69) is 58.6 Å². The number of ether oxygens (including phenoxy) is 1. The summed E-state index contributed by atoms with van der Waals surface area (Å²) in [5.41, 5.74) is 2.67. The van der Waals surface area contributed by atoms with Gasteiger partial charge in [-0.15, -0.1) is 24.0 Å². The van der Waals surface area contributed by atoms with Crippen molar-refractivity contribution in [1.82, 2.24) is 15.5 Å². The molecule has 6 heteroatoms. The molecule has 1 fully saturated rings. The first kappa shape index (κ1) is 22.2. The maximum Gasteiger partial charge on any atom is 0.191 e. The number of aryl methyl sites for hydroxylation is 1. The lowest BCUT2D eigenvalue weighted by Crippen LogP contribution is -2.46. The van der Waals surface area contributed by atoms with Gasteiger partial charge in [-0.3, -0.25) is 9.89 Å². The van der Waals surface area contributed by atoms with Gasteiger partial charge in [-0.1, -0.05) is 29.8 Å². The Labute approximate surface area is 169 Å². The maximum atomic E-state index is 5.18. The van der Waals surface area contributed by atoms with Gasteiger partial charge in [-0.2, -0.15) is 0 Å². The summed E-state index contributed by atoms with van der Waals surface area (Å²) in [4.78, 5) is 6.91. The molecule has 0 aromatic heterocycles. The van der Waals surface area contributed by atoms with Crippen LogP contribution in [0.25, 0.3) is 0 Å². The molecule has 5 nitrogen and oxygen atoms in total. The highest BCUT2D eigenvalue weighted by Crippen LogP contribution is 2.24. The lowest BCUT2D eigenvalue weighted by molar-refractivity contribution is 0.178. The van der Waals surface area contributed by atoms with Crippen LogP contribution in [0.2, 0.25) is 0 Å². The zero-order valence-electron chi connectivity index (χ0n) is 15.9. The third-order valence-electron chi connectivity index (χ3n) is 4.53. The fourth-order valence-electron chi connectivity index (χ4n) is 3.21. The van der Waals surface area contributed by atoms with Crippen LogP contribution < -0.4 is 10.6 Å². The summed E-state index contributed by atoms with van der Waals surface area (Å²) in [6, 6.07) is 9.52. The van der Waals surface area contributed by atoms with Crippen LogP contribution in [0.15, 0.2) is 29.3 Å². The number of likely N-dealkylation sites (tertiary alicyclic amines) is 1. The summed E-state index contributed by atoms with van der Waals surface area (Å²) in [5, 5.41) is 6.86. The second-order valence-corrected chi connectivity index (χ2v) is 6.62. The van der Waals surface area contributed by atoms with E-state index in [1.165, 1.54) is 37.1 Å². The quantitative estimate of drug-likeness (QED) is 0.373. The number of aliphatic imine (C=N–C) groups is 1. The summed E-state index contributed by atoms with van der Waals surface area (Å²) in [6.45, 7) is 8.08. The number of nitrogens with zero attached hydrogens (tertiary/aromatic N) is 2. The molecule has 2 unspecified atom stereocenters. The van der Waals surface area contributed by atoms with Crippen LogP contribution in [0.1, 0.15) is 36.9 Å². The van der Waals surface area contributed by atoms with Crippen LogP contribution in [0.3, 0.4) is 0 Å². The summed E-state index contributed by atoms with van der Waals surface area (Å²) in [6.07, 6.45) is 2.58. The van der Waals surface area contributed by atoms with Crippen molar-refractivity contribution in [2.75, 3.05) is 40.4 Å². The van der Waals surface area contributed by atoms with E-state index in [1.807, 2.05) is 7.05 Å². The Bertz CT molecular complexity index is 515. The third-order valence-corrected chi connectivity index (χ3v) is 4.53. The predicted molar refractivity (Wildman–Crippen MR) is 116 cm³/mol. The van der Waals surface area contributed by atoms with Gasteiger partial charge in [-0.25, -0.2) is 0 Å². The monoisotopic (exact) mass is 460 g/mol. The van der Waals surface area contributed by atoms with E-state index in [-0.39, 0.29) is 30.0 Å². The Kier molecular flexibility index (Phi) is 10.4. The molecular weight excluding hydrogens is 427 g/mol. The summed E-state index contributed by atoms with van der Waals surface area (Å²) >= 11 is 0. The first-order valence-corrected chi connectivity index (χ1v) is 8.90. The topological polar surface area (TPSA) is 48.9 Å². The second-order valence-electron chi connectivity index (χ2n) is 6.62. The molecule has 1 heterocycles. The molecule has 0 aliphatic carbocycles. The number of nitrogens with one attached hydrogen (secondary N) is 2. The molecule has 0 bridgehead atoms. The molecule has 2 N–H and O–H groups in total. The van der Waals surface area contributed by atoms with Gasteiger partial charge in [0.1, 0.15) is 0 Å². The Hall–Kier alpha value is -0.860. The minimum Gasteiger partial charge on any atom is -0.383 e. The van der Waals surface area contributed by atoms with Crippen molar-refractivity contribution < 1.29 is 4.74 Å². The molecule has 1 aliphatic heterocycles. The van der Waals surface area contributed by atoms with Crippen molar-refractivity contribution in [3.05, 3.63) is 35.4 Å². The number of hydrogen-bond acceptors (Lipinski definition) is 3. The first-order valence-electron chi connectivity index (χ1n) is 8.90. The van der Waals surface area contributed by atoms with Crippen molar-refractivity contribution in [1.29, 1.82) is 0 Å². The maximum absolute atomic E-state index is 5.18. The molecule has 1 aromatic carbocycles. The molecule has 142 valence electrons. The molecule has 0 saturated carbocycles. The van der Waals surface area contributed by atoms with Gasteiger partial charge in [0.25, 0.3) is 0 Å². The number of hydrogen-bond donors (Lipinski definition) is 2. The second kappa shape index (κ2) is 11.7. The van der Waals surface area contributed by atoms with Crippen molar-refractivity contribution in [3.63, 3.8) is 0 Å². The number of benzene rings is 1. The number of guanidine groups is 1. The van der Waals surface area contributed by atoms with Crippen molar-refractivity contribution in [2.24, 2.45) is 4.99 Å². The summed E-state index contributed by atoms with van der Waals surface area (Å²) in [5.74, 6) is 0.829. The standard InChI is InChI=1S/C19H32N4O.HI/c1-15-7-9-17(10-8-15)18(23-11-5-6-12-23)13-21-19(20-3)22-16(2)14-24-4;/h7-10,16,18H,5-6,11-14H2,1-4H3,(H2,20,21,22);1H. The van der Waals surface area contributed by atoms with Gasteiger partial charge in [0, 0.05) is 26.7 Å². The van der Waals surface area contributed by atoms with Crippen LogP contribution in [0.4, 0.5) is 0 Å². The molecule has 0 amide bonds. The fraction of sp³-hybridized carbons (Fsp3) is 0.632. The van der Waals surface area contributed by atoms with Crippen molar-refractivity contribution in [2.45, 2.75) is 38.8 Å². The molecular formula is C19H33IN4O. The zero-order valence-corrected chi connectivity index (χ0v) is 18.2. The fourth-order valence-corrected chi connectivity index (χ4v) is 3.21. The van der Waals surface area contributed by atoms with Crippen molar-refractivity contribution >= 4 is 29.9 Å². The largest absolute Gasteiger partial charge is 0.383 e. The van der Waals surface area contributed by atoms with E-state index in [0.717, 1.165) is 12.5 Å². The van der Waals surface area contributed by atoms with Crippen molar-refractivity contribution in [3.8, 4) is 0 Å². The van der Waals surface area contributed by atoms with Gasteiger partial charge in [0.15, 0.2) is 5.96 Å². The molecule has 1 aliphatic rings. The first-order chi connectivity index (χ1) is 11.6. The molecule has 1 saturated heterocycles. The smallest absolute Gasteiger partial charge is 0.191 e. The number of rotatable bonds is 7. The predicted octanol–water partition coefficient (Wildman–Crippen LogP) is 2.95. The van der Waals surface area contributed by atoms with E-state index >= 15 is 0 Å². The highest BCUT2D eigenvalue weighted by Gasteiger charge is 2.23. The van der Waals surface area contributed by atoms with Gasteiger partial charge in [-0.05, 0) is 45.3 Å². The lowest BCUT2D eigenvalue weighted by atomic mass is 10.0. The van der Waals surface area contributed by atoms with Crippen LogP contribution >= 0.6 is 24.0 Å². The van der Waals surface area contributed by atoms with E-state index in [9.17, 15) is 0 Å². The molecule has 2 atom stereocenters. The molecule has 2 rings (SSSR count). The summed E-state index contributed by atoms with van der Waals surface area (Å²) < 4.78 is 5.18. The van der Waals surface area contributed by atoms with Gasteiger partial charge in [0.05, 0.1) is 12.6 Å². The van der Waals surface area contributed by atoms with E-state index in [0.29, 0.717) is 12.6 Å². The molecule has 0 radical (unpaired) electrons. The molecule has 0 spiro atoms. The third kappa shape index (κ3) is 7.11. The van der Waals surface area contributed by atoms with E-state index in [4.69, 9.17) is 4.74 Å². The van der Waals surface area contributed by atoms with Crippen LogP contribution in [0, 0.1) is 6.92 Å².